The first kappa shape index (κ1) is 10.9. The minimum Gasteiger partial charge on any atom is -0.449 e. The lowest BCUT2D eigenvalue weighted by molar-refractivity contribution is 0.132. The zero-order valence-corrected chi connectivity index (χ0v) is 10.4. The molecule has 1 aromatic rings. The van der Waals surface area contributed by atoms with Crippen molar-refractivity contribution in [2.45, 2.75) is 19.3 Å². The van der Waals surface area contributed by atoms with Crippen molar-refractivity contribution >= 4 is 33.4 Å². The molecule has 0 bridgehead atoms. The van der Waals surface area contributed by atoms with Gasteiger partial charge in [-0.15, -0.1) is 11.3 Å². The van der Waals surface area contributed by atoms with Gasteiger partial charge in [0, 0.05) is 4.88 Å². The Kier molecular flexibility index (Phi) is 3.25. The second-order valence-corrected chi connectivity index (χ2v) is 5.94. The van der Waals surface area contributed by atoms with Gasteiger partial charge in [-0.1, -0.05) is 0 Å². The highest BCUT2D eigenvalue weighted by Crippen LogP contribution is 2.32. The molecule has 0 saturated heterocycles. The van der Waals surface area contributed by atoms with E-state index in [2.05, 4.69) is 20.9 Å². The highest BCUT2D eigenvalue weighted by Gasteiger charge is 2.22. The number of carbonyl (C=O) groups is 1. The largest absolute Gasteiger partial charge is 0.449 e. The van der Waals surface area contributed by atoms with E-state index in [1.54, 1.807) is 11.3 Å². The average molecular weight is 291 g/mol. The summed E-state index contributed by atoms with van der Waals surface area (Å²) in [5.41, 5.74) is 6.11. The Morgan fingerprint density at radius 1 is 1.73 bits per heavy atom. The van der Waals surface area contributed by atoms with E-state index >= 15 is 0 Å². The second-order valence-electron chi connectivity index (χ2n) is 3.58. The maximum atomic E-state index is 10.5. The Morgan fingerprint density at radius 2 is 2.53 bits per heavy atom. The van der Waals surface area contributed by atoms with Gasteiger partial charge >= 0.3 is 6.09 Å². The minimum atomic E-state index is -0.689. The van der Waals surface area contributed by atoms with Crippen molar-refractivity contribution in [3.8, 4) is 0 Å². The van der Waals surface area contributed by atoms with E-state index in [9.17, 15) is 4.79 Å². The molecule has 1 atom stereocenters. The number of aromatic nitrogens is 1. The molecule has 0 aromatic carbocycles. The first-order valence-corrected chi connectivity index (χ1v) is 6.32. The summed E-state index contributed by atoms with van der Waals surface area (Å²) < 4.78 is 5.75. The lowest BCUT2D eigenvalue weighted by atomic mass is 9.92. The van der Waals surface area contributed by atoms with Crippen molar-refractivity contribution in [1.29, 1.82) is 0 Å². The summed E-state index contributed by atoms with van der Waals surface area (Å²) in [6, 6.07) is 0. The third kappa shape index (κ3) is 2.69. The van der Waals surface area contributed by atoms with Crippen LogP contribution < -0.4 is 5.73 Å². The lowest BCUT2D eigenvalue weighted by Gasteiger charge is -2.20. The molecular weight excluding hydrogens is 280 g/mol. The van der Waals surface area contributed by atoms with Gasteiger partial charge in [0.2, 0.25) is 0 Å². The number of carbonyl (C=O) groups excluding carboxylic acids is 1. The molecule has 82 valence electrons. The molecule has 1 unspecified atom stereocenters. The predicted molar refractivity (Wildman–Crippen MR) is 60.9 cm³/mol. The maximum absolute atomic E-state index is 10.5. The summed E-state index contributed by atoms with van der Waals surface area (Å²) in [5, 5.41) is 0. The van der Waals surface area contributed by atoms with Crippen LogP contribution in [0.15, 0.2) is 3.92 Å². The fourth-order valence-corrected chi connectivity index (χ4v) is 3.50. The molecule has 0 saturated carbocycles. The van der Waals surface area contributed by atoms with Crippen LogP contribution in [0.5, 0.6) is 0 Å². The number of rotatable bonds is 2. The number of ether oxygens (including phenoxy) is 1. The predicted octanol–water partition coefficient (Wildman–Crippen LogP) is 2.11. The maximum Gasteiger partial charge on any atom is 0.404 e. The van der Waals surface area contributed by atoms with Gasteiger partial charge in [-0.3, -0.25) is 0 Å². The van der Waals surface area contributed by atoms with Gasteiger partial charge < -0.3 is 10.5 Å². The fourth-order valence-electron chi connectivity index (χ4n) is 1.75. The summed E-state index contributed by atoms with van der Waals surface area (Å²) in [5.74, 6) is 0.386. The van der Waals surface area contributed by atoms with Gasteiger partial charge in [0.05, 0.1) is 12.3 Å². The Balaban J connectivity index is 1.96. The Labute approximate surface area is 100.0 Å². The second kappa shape index (κ2) is 4.49. The van der Waals surface area contributed by atoms with Gasteiger partial charge in [0.1, 0.15) is 0 Å². The third-order valence-electron chi connectivity index (χ3n) is 2.48. The van der Waals surface area contributed by atoms with Crippen molar-refractivity contribution in [2.75, 3.05) is 6.61 Å². The Hall–Kier alpha value is -0.620. The summed E-state index contributed by atoms with van der Waals surface area (Å²) in [4.78, 5) is 16.2. The van der Waals surface area contributed by atoms with E-state index in [4.69, 9.17) is 10.5 Å². The van der Waals surface area contributed by atoms with Gasteiger partial charge in [-0.05, 0) is 41.1 Å². The smallest absolute Gasteiger partial charge is 0.404 e. The molecule has 1 aliphatic rings. The highest BCUT2D eigenvalue weighted by molar-refractivity contribution is 9.11. The zero-order valence-electron chi connectivity index (χ0n) is 8.03. The first-order chi connectivity index (χ1) is 7.15. The number of nitrogens with two attached hydrogens (primary N) is 1. The topological polar surface area (TPSA) is 65.2 Å². The third-order valence-corrected chi connectivity index (χ3v) is 4.05. The van der Waals surface area contributed by atoms with Crippen LogP contribution >= 0.6 is 27.3 Å². The van der Waals surface area contributed by atoms with E-state index in [0.717, 1.165) is 23.2 Å². The van der Waals surface area contributed by atoms with Crippen LogP contribution in [0.1, 0.15) is 17.0 Å². The number of primary amides is 1. The van der Waals surface area contributed by atoms with E-state index < -0.39 is 6.09 Å². The van der Waals surface area contributed by atoms with Crippen molar-refractivity contribution in [3.63, 3.8) is 0 Å². The van der Waals surface area contributed by atoms with Gasteiger partial charge in [0.15, 0.2) is 3.92 Å². The van der Waals surface area contributed by atoms with E-state index in [1.807, 2.05) is 0 Å². The molecule has 1 aliphatic carbocycles. The van der Waals surface area contributed by atoms with Crippen LogP contribution in [-0.2, 0) is 17.6 Å². The van der Waals surface area contributed by atoms with Crippen molar-refractivity contribution in [3.05, 3.63) is 14.5 Å². The number of halogens is 1. The zero-order chi connectivity index (χ0) is 10.8. The van der Waals surface area contributed by atoms with Crippen LogP contribution in [0.4, 0.5) is 4.79 Å². The van der Waals surface area contributed by atoms with Gasteiger partial charge in [-0.25, -0.2) is 9.78 Å². The molecule has 4 nitrogen and oxygen atoms in total. The monoisotopic (exact) mass is 290 g/mol. The van der Waals surface area contributed by atoms with Crippen LogP contribution in [-0.4, -0.2) is 17.7 Å². The van der Waals surface area contributed by atoms with Crippen LogP contribution in [0.25, 0.3) is 0 Å². The van der Waals surface area contributed by atoms with Crippen molar-refractivity contribution in [1.82, 2.24) is 4.98 Å². The Bertz CT molecular complexity index is 380. The Morgan fingerprint density at radius 3 is 3.27 bits per heavy atom. The van der Waals surface area contributed by atoms with Crippen LogP contribution in [0, 0.1) is 5.92 Å². The molecule has 2 N–H and O–H groups in total. The number of thiazole rings is 1. The standard InChI is InChI=1S/C9H11BrN2O2S/c10-8-12-6-2-1-5(3-7(6)15-8)4-14-9(11)13/h5H,1-4H2,(H2,11,13). The molecule has 0 radical (unpaired) electrons. The van der Waals surface area contributed by atoms with Crippen molar-refractivity contribution < 1.29 is 9.53 Å². The van der Waals surface area contributed by atoms with Crippen molar-refractivity contribution in [2.24, 2.45) is 11.7 Å². The SMILES string of the molecule is NC(=O)OCC1CCc2nc(Br)sc2C1. The highest BCUT2D eigenvalue weighted by atomic mass is 79.9. The summed E-state index contributed by atoms with van der Waals surface area (Å²) >= 11 is 5.04. The molecular formula is C9H11BrN2O2S. The molecule has 0 spiro atoms. The number of fused-ring (bicyclic) bond motifs is 1. The lowest BCUT2D eigenvalue weighted by Crippen LogP contribution is -2.22. The first-order valence-electron chi connectivity index (χ1n) is 4.71. The molecule has 0 fully saturated rings. The molecule has 15 heavy (non-hydrogen) atoms. The summed E-state index contributed by atoms with van der Waals surface area (Å²) in [6.07, 6.45) is 2.22. The van der Waals surface area contributed by atoms with Gasteiger partial charge in [-0.2, -0.15) is 0 Å². The average Bonchev–Trinajstić information content (AvgIpc) is 2.53. The minimum absolute atomic E-state index is 0.386. The van der Waals surface area contributed by atoms with E-state index in [0.29, 0.717) is 12.5 Å². The van der Waals surface area contributed by atoms with Gasteiger partial charge in [0.25, 0.3) is 0 Å². The number of amides is 1. The molecule has 1 amide bonds. The summed E-state index contributed by atoms with van der Waals surface area (Å²) in [6.45, 7) is 0.421. The summed E-state index contributed by atoms with van der Waals surface area (Å²) in [7, 11) is 0. The van der Waals surface area contributed by atoms with E-state index in [-0.39, 0.29) is 0 Å². The number of aryl methyl sites for hydroxylation is 1. The number of hydrogen-bond acceptors (Lipinski definition) is 4. The fraction of sp³-hybridized carbons (Fsp3) is 0.556. The molecule has 0 aliphatic heterocycles. The number of nitrogens with zero attached hydrogens (tertiary/aromatic N) is 1. The quantitative estimate of drug-likeness (QED) is 0.907. The molecule has 2 rings (SSSR count). The molecule has 1 aromatic heterocycles. The molecule has 1 heterocycles. The normalized spacial score (nSPS) is 19.7. The van der Waals surface area contributed by atoms with E-state index in [1.165, 1.54) is 10.6 Å². The molecule has 6 heteroatoms. The van der Waals surface area contributed by atoms with Crippen LogP contribution in [0.3, 0.4) is 0 Å². The number of hydrogen-bond donors (Lipinski definition) is 1. The van der Waals surface area contributed by atoms with Crippen LogP contribution in [0.2, 0.25) is 0 Å².